The number of anilines is 3. The van der Waals surface area contributed by atoms with Crippen LogP contribution in [-0.2, 0) is 0 Å². The molecule has 4 aliphatic rings. The molecule has 3 aliphatic heterocycles. The van der Waals surface area contributed by atoms with Crippen molar-refractivity contribution in [1.29, 1.82) is 0 Å². The van der Waals surface area contributed by atoms with E-state index in [0.29, 0.717) is 17.6 Å². The summed E-state index contributed by atoms with van der Waals surface area (Å²) >= 11 is 0. The first-order chi connectivity index (χ1) is 20.4. The van der Waals surface area contributed by atoms with Crippen LogP contribution in [-0.4, -0.2) is 95.0 Å². The van der Waals surface area contributed by atoms with Crippen LogP contribution in [0.25, 0.3) is 0 Å². The first-order valence-electron chi connectivity index (χ1n) is 15.9. The Morgan fingerprint density at radius 3 is 2.26 bits per heavy atom. The summed E-state index contributed by atoms with van der Waals surface area (Å²) in [5.74, 6) is 1.06. The molecule has 2 unspecified atom stereocenters. The summed E-state index contributed by atoms with van der Waals surface area (Å²) in [5.41, 5.74) is 8.07. The Morgan fingerprint density at radius 1 is 0.881 bits per heavy atom. The molecule has 226 valence electrons. The molecule has 2 atom stereocenters. The highest BCUT2D eigenvalue weighted by Crippen LogP contribution is 2.35. The minimum Gasteiger partial charge on any atom is -0.364 e. The Kier molecular flexibility index (Phi) is 8.51. The van der Waals surface area contributed by atoms with E-state index >= 15 is 0 Å². The van der Waals surface area contributed by atoms with Crippen LogP contribution in [0.4, 0.5) is 22.1 Å². The lowest BCUT2D eigenvalue weighted by Crippen LogP contribution is -2.61. The maximum absolute atomic E-state index is 12.9. The molecule has 0 bridgehead atoms. The monoisotopic (exact) mass is 574 g/mol. The third-order valence-electron chi connectivity index (χ3n) is 9.97. The maximum Gasteiger partial charge on any atom is 0.319 e. The summed E-state index contributed by atoms with van der Waals surface area (Å²) in [6.45, 7) is 4.00. The predicted molar refractivity (Wildman–Crippen MR) is 165 cm³/mol. The number of benzene rings is 1. The predicted octanol–water partition coefficient (Wildman–Crippen LogP) is 4.56. The largest absolute Gasteiger partial charge is 0.364 e. The van der Waals surface area contributed by atoms with Crippen molar-refractivity contribution in [2.75, 3.05) is 50.5 Å². The van der Waals surface area contributed by atoms with Gasteiger partial charge in [0.05, 0.1) is 18.3 Å². The second-order valence-electron chi connectivity index (χ2n) is 12.8. The number of likely N-dealkylation sites (tertiary alicyclic amines) is 2. The first kappa shape index (κ1) is 28.7. The van der Waals surface area contributed by atoms with Gasteiger partial charge < -0.3 is 30.7 Å². The van der Waals surface area contributed by atoms with Crippen LogP contribution in [0.3, 0.4) is 0 Å². The minimum atomic E-state index is -0.612. The number of amides is 3. The summed E-state index contributed by atoms with van der Waals surface area (Å²) in [6, 6.07) is 9.71. The molecule has 1 saturated carbocycles. The van der Waals surface area contributed by atoms with Gasteiger partial charge >= 0.3 is 6.03 Å². The van der Waals surface area contributed by atoms with Gasteiger partial charge in [0.1, 0.15) is 5.82 Å². The van der Waals surface area contributed by atoms with E-state index in [-0.39, 0.29) is 23.8 Å². The van der Waals surface area contributed by atoms with Gasteiger partial charge in [-0.15, -0.1) is 0 Å². The molecule has 3 saturated heterocycles. The van der Waals surface area contributed by atoms with Crippen molar-refractivity contribution in [2.24, 2.45) is 5.73 Å². The molecule has 10 nitrogen and oxygen atoms in total. The average molecular weight is 575 g/mol. The number of carbonyl (C=O) groups is 2. The van der Waals surface area contributed by atoms with Crippen molar-refractivity contribution >= 4 is 29.3 Å². The molecule has 1 aromatic heterocycles. The van der Waals surface area contributed by atoms with Gasteiger partial charge in [-0.2, -0.15) is 0 Å². The topological polar surface area (TPSA) is 111 Å². The third-order valence-corrected chi connectivity index (χ3v) is 9.97. The normalized spacial score (nSPS) is 24.0. The number of urea groups is 1. The lowest BCUT2D eigenvalue weighted by molar-refractivity contribution is 0.0993. The number of hydrogen-bond acceptors (Lipinski definition) is 7. The average Bonchev–Trinajstić information content (AvgIpc) is 3.56. The highest BCUT2D eigenvalue weighted by atomic mass is 16.2. The van der Waals surface area contributed by atoms with Gasteiger partial charge in [-0.1, -0.05) is 25.0 Å². The van der Waals surface area contributed by atoms with Crippen LogP contribution in [0, 0.1) is 0 Å². The van der Waals surface area contributed by atoms with Gasteiger partial charge in [0.15, 0.2) is 11.5 Å². The highest BCUT2D eigenvalue weighted by Gasteiger charge is 2.41. The first-order valence-corrected chi connectivity index (χ1v) is 15.9. The second-order valence-corrected chi connectivity index (χ2v) is 12.8. The molecule has 10 heteroatoms. The summed E-state index contributed by atoms with van der Waals surface area (Å²) in [7, 11) is 3.62. The van der Waals surface area contributed by atoms with E-state index in [1.807, 2.05) is 19.0 Å². The smallest absolute Gasteiger partial charge is 0.319 e. The Labute approximate surface area is 249 Å². The van der Waals surface area contributed by atoms with Crippen molar-refractivity contribution in [1.82, 2.24) is 24.7 Å². The third kappa shape index (κ3) is 5.91. The number of nitrogens with one attached hydrogen (secondary N) is 1. The molecule has 4 heterocycles. The van der Waals surface area contributed by atoms with Crippen LogP contribution in [0.15, 0.2) is 30.5 Å². The van der Waals surface area contributed by atoms with Gasteiger partial charge in [0.25, 0.3) is 5.91 Å². The van der Waals surface area contributed by atoms with Gasteiger partial charge in [-0.25, -0.2) is 14.8 Å². The number of nitrogens with zero attached hydrogens (tertiary/aromatic N) is 6. The van der Waals surface area contributed by atoms with Crippen LogP contribution < -0.4 is 16.0 Å². The van der Waals surface area contributed by atoms with Crippen molar-refractivity contribution in [3.05, 3.63) is 41.7 Å². The van der Waals surface area contributed by atoms with Gasteiger partial charge in [0.2, 0.25) is 0 Å². The van der Waals surface area contributed by atoms with Crippen molar-refractivity contribution in [3.8, 4) is 0 Å². The highest BCUT2D eigenvalue weighted by molar-refractivity contribution is 5.96. The quantitative estimate of drug-likeness (QED) is 0.521. The lowest BCUT2D eigenvalue weighted by atomic mass is 9.88. The lowest BCUT2D eigenvalue weighted by Gasteiger charge is -2.50. The van der Waals surface area contributed by atoms with Crippen molar-refractivity contribution < 1.29 is 9.59 Å². The van der Waals surface area contributed by atoms with Crippen LogP contribution in [0.2, 0.25) is 0 Å². The van der Waals surface area contributed by atoms with Gasteiger partial charge in [-0.3, -0.25) is 4.79 Å². The minimum absolute atomic E-state index is 0.0619. The van der Waals surface area contributed by atoms with E-state index in [9.17, 15) is 9.59 Å². The standard InChI is InChI=1S/C32H46N8O2/c1-37(2)32(42)40-18-6-9-26-27(40)10-5-17-39(26)28-21-34-29(30(33)41)31(36-28)35-24-13-11-22(12-14-24)23-15-19-38(20-16-23)25-7-3-4-8-25/h11-14,21,23,25-27H,3-10,15-20H2,1-2H3,(H2,33,41)(H,35,36). The number of primary amides is 1. The van der Waals surface area contributed by atoms with Crippen molar-refractivity contribution in [2.45, 2.75) is 88.3 Å². The molecule has 3 amide bonds. The molecule has 42 heavy (non-hydrogen) atoms. The molecule has 3 N–H and O–H groups in total. The number of hydrogen-bond donors (Lipinski definition) is 2. The number of carbonyl (C=O) groups excluding carboxylic acids is 2. The van der Waals surface area contributed by atoms with E-state index in [4.69, 9.17) is 10.7 Å². The zero-order valence-corrected chi connectivity index (χ0v) is 25.2. The molecular weight excluding hydrogens is 528 g/mol. The molecule has 1 aromatic carbocycles. The second kappa shape index (κ2) is 12.5. The van der Waals surface area contributed by atoms with Crippen LogP contribution >= 0.6 is 0 Å². The van der Waals surface area contributed by atoms with E-state index in [1.54, 1.807) is 11.1 Å². The zero-order valence-electron chi connectivity index (χ0n) is 25.2. The molecule has 2 aromatic rings. The van der Waals surface area contributed by atoms with Gasteiger partial charge in [-0.05, 0) is 88.1 Å². The number of aromatic nitrogens is 2. The Balaban J connectivity index is 1.16. The zero-order chi connectivity index (χ0) is 29.2. The van der Waals surface area contributed by atoms with E-state index in [0.717, 1.165) is 50.5 Å². The Morgan fingerprint density at radius 2 is 1.57 bits per heavy atom. The fourth-order valence-electron chi connectivity index (χ4n) is 7.79. The molecule has 4 fully saturated rings. The van der Waals surface area contributed by atoms with Crippen molar-refractivity contribution in [3.63, 3.8) is 0 Å². The van der Waals surface area contributed by atoms with Crippen LogP contribution in [0.1, 0.15) is 86.2 Å². The summed E-state index contributed by atoms with van der Waals surface area (Å²) in [6.07, 6.45) is 13.5. The van der Waals surface area contributed by atoms with Gasteiger partial charge in [0, 0.05) is 38.9 Å². The van der Waals surface area contributed by atoms with E-state index in [2.05, 4.69) is 44.4 Å². The molecule has 1 aliphatic carbocycles. The summed E-state index contributed by atoms with van der Waals surface area (Å²) < 4.78 is 0. The number of piperidine rings is 3. The Bertz CT molecular complexity index is 1250. The maximum atomic E-state index is 12.9. The molecular formula is C32H46N8O2. The number of fused-ring (bicyclic) bond motifs is 1. The molecule has 0 spiro atoms. The molecule has 6 rings (SSSR count). The van der Waals surface area contributed by atoms with Crippen LogP contribution in [0.5, 0.6) is 0 Å². The number of nitrogens with two attached hydrogens (primary N) is 1. The SMILES string of the molecule is CN(C)C(=O)N1CCCC2C1CCCN2c1cnc(C(N)=O)c(Nc2ccc(C3CCN(C4CCCC4)CC3)cc2)n1. The number of rotatable bonds is 6. The fourth-order valence-corrected chi connectivity index (χ4v) is 7.79. The molecule has 0 radical (unpaired) electrons. The van der Waals surface area contributed by atoms with E-state index < -0.39 is 5.91 Å². The summed E-state index contributed by atoms with van der Waals surface area (Å²) in [4.78, 5) is 43.2. The Hall–Kier alpha value is -3.40. The van der Waals surface area contributed by atoms with E-state index in [1.165, 1.54) is 57.2 Å². The summed E-state index contributed by atoms with van der Waals surface area (Å²) in [5, 5.41) is 3.34. The fraction of sp³-hybridized carbons (Fsp3) is 0.625.